The third kappa shape index (κ3) is 6.76. The molecule has 0 bridgehead atoms. The van der Waals surface area contributed by atoms with Gasteiger partial charge in [-0.2, -0.15) is 0 Å². The number of aryl methyl sites for hydroxylation is 1. The van der Waals surface area contributed by atoms with Crippen molar-refractivity contribution in [3.63, 3.8) is 0 Å². The zero-order valence-electron chi connectivity index (χ0n) is 15.4. The fraction of sp³-hybridized carbons (Fsp3) is 0.381. The summed E-state index contributed by atoms with van der Waals surface area (Å²) in [6.45, 7) is 4.95. The van der Waals surface area contributed by atoms with Crippen LogP contribution in [0.5, 0.6) is 11.5 Å². The fourth-order valence-corrected chi connectivity index (χ4v) is 2.52. The van der Waals surface area contributed by atoms with Gasteiger partial charge >= 0.3 is 0 Å². The number of nitrogens with one attached hydrogen (secondary N) is 1. The van der Waals surface area contributed by atoms with Crippen LogP contribution in [-0.4, -0.2) is 37.4 Å². The molecule has 1 unspecified atom stereocenters. The van der Waals surface area contributed by atoms with E-state index in [1.54, 1.807) is 24.3 Å². The maximum Gasteiger partial charge on any atom is 0.257 e. The van der Waals surface area contributed by atoms with Crippen LogP contribution in [0.15, 0.2) is 48.5 Å². The van der Waals surface area contributed by atoms with E-state index in [2.05, 4.69) is 17.4 Å². The molecule has 2 aromatic rings. The molecule has 1 amide bonds. The van der Waals surface area contributed by atoms with Crippen molar-refractivity contribution in [3.05, 3.63) is 59.7 Å². The van der Waals surface area contributed by atoms with Gasteiger partial charge in [-0.3, -0.25) is 4.79 Å². The minimum absolute atomic E-state index is 0.0212. The van der Waals surface area contributed by atoms with Gasteiger partial charge in [0.25, 0.3) is 5.91 Å². The Kier molecular flexibility index (Phi) is 7.96. The van der Waals surface area contributed by atoms with Crippen LogP contribution in [0.3, 0.4) is 0 Å². The Bertz CT molecular complexity index is 667. The number of carbonyl (C=O) groups is 1. The van der Waals surface area contributed by atoms with Crippen molar-refractivity contribution < 1.29 is 19.4 Å². The van der Waals surface area contributed by atoms with Gasteiger partial charge in [-0.05, 0) is 50.1 Å². The Morgan fingerprint density at radius 1 is 1.04 bits per heavy atom. The van der Waals surface area contributed by atoms with Crippen LogP contribution in [0.4, 0.5) is 0 Å². The van der Waals surface area contributed by atoms with Gasteiger partial charge in [-0.25, -0.2) is 0 Å². The third-order valence-electron chi connectivity index (χ3n) is 4.00. The monoisotopic (exact) mass is 357 g/mol. The molecule has 0 aliphatic carbocycles. The minimum Gasteiger partial charge on any atom is -0.494 e. The summed E-state index contributed by atoms with van der Waals surface area (Å²) in [6.07, 6.45) is 0.719. The van der Waals surface area contributed by atoms with Crippen LogP contribution in [-0.2, 0) is 11.2 Å². The van der Waals surface area contributed by atoms with E-state index < -0.39 is 0 Å². The first-order valence-corrected chi connectivity index (χ1v) is 8.89. The molecular formula is C21H27NO4. The van der Waals surface area contributed by atoms with E-state index in [1.165, 1.54) is 5.56 Å². The molecule has 1 atom stereocenters. The smallest absolute Gasteiger partial charge is 0.257 e. The molecule has 0 fully saturated rings. The van der Waals surface area contributed by atoms with Crippen molar-refractivity contribution in [2.75, 3.05) is 26.4 Å². The van der Waals surface area contributed by atoms with Gasteiger partial charge in [0.05, 0.1) is 6.61 Å². The summed E-state index contributed by atoms with van der Waals surface area (Å²) in [5.74, 6) is 1.15. The molecular weight excluding hydrogens is 330 g/mol. The van der Waals surface area contributed by atoms with Crippen molar-refractivity contribution in [1.82, 2.24) is 5.32 Å². The first-order valence-electron chi connectivity index (χ1n) is 8.89. The maximum atomic E-state index is 12.0. The van der Waals surface area contributed by atoms with Gasteiger partial charge in [-0.1, -0.05) is 29.8 Å². The number of aliphatic hydroxyl groups excluding tert-OH is 1. The summed E-state index contributed by atoms with van der Waals surface area (Å²) in [5, 5.41) is 12.4. The number of aliphatic hydroxyl groups is 1. The number of hydrogen-bond acceptors (Lipinski definition) is 4. The van der Waals surface area contributed by atoms with Crippen molar-refractivity contribution in [2.24, 2.45) is 5.92 Å². The second-order valence-electron chi connectivity index (χ2n) is 6.24. The first-order chi connectivity index (χ1) is 12.6. The Labute approximate surface area is 155 Å². The molecule has 5 nitrogen and oxygen atoms in total. The Hall–Kier alpha value is -2.53. The second-order valence-corrected chi connectivity index (χ2v) is 6.24. The van der Waals surface area contributed by atoms with Crippen molar-refractivity contribution in [2.45, 2.75) is 20.3 Å². The summed E-state index contributed by atoms with van der Waals surface area (Å²) in [5.41, 5.74) is 2.35. The van der Waals surface area contributed by atoms with Gasteiger partial charge in [-0.15, -0.1) is 0 Å². The Morgan fingerprint density at radius 2 is 1.65 bits per heavy atom. The predicted molar refractivity (Wildman–Crippen MR) is 102 cm³/mol. The minimum atomic E-state index is -0.207. The molecule has 2 N–H and O–H groups in total. The number of ether oxygens (including phenoxy) is 2. The number of rotatable bonds is 10. The van der Waals surface area contributed by atoms with Gasteiger partial charge in [0.15, 0.2) is 6.61 Å². The van der Waals surface area contributed by atoms with Crippen LogP contribution in [0.2, 0.25) is 0 Å². The highest BCUT2D eigenvalue weighted by Crippen LogP contribution is 2.17. The molecule has 0 spiro atoms. The van der Waals surface area contributed by atoms with E-state index in [9.17, 15) is 9.90 Å². The molecule has 5 heteroatoms. The van der Waals surface area contributed by atoms with Gasteiger partial charge in [0.1, 0.15) is 11.5 Å². The lowest BCUT2D eigenvalue weighted by atomic mass is 9.99. The summed E-state index contributed by atoms with van der Waals surface area (Å²) < 4.78 is 10.8. The summed E-state index contributed by atoms with van der Waals surface area (Å²) in [6, 6.07) is 15.3. The molecule has 2 rings (SSSR count). The van der Waals surface area contributed by atoms with E-state index in [4.69, 9.17) is 9.47 Å². The van der Waals surface area contributed by atoms with E-state index in [0.717, 1.165) is 17.7 Å². The summed E-state index contributed by atoms with van der Waals surface area (Å²) >= 11 is 0. The normalized spacial score (nSPS) is 11.7. The standard InChI is InChI=1S/C21H27NO4/c1-3-25-19-8-10-20(11-9-19)26-15-21(24)22-13-18(14-23)12-17-6-4-16(2)5-7-17/h4-11,18,23H,3,12-15H2,1-2H3,(H,22,24). The molecule has 0 saturated carbocycles. The maximum absolute atomic E-state index is 12.0. The lowest BCUT2D eigenvalue weighted by molar-refractivity contribution is -0.123. The lowest BCUT2D eigenvalue weighted by Crippen LogP contribution is -2.35. The quantitative estimate of drug-likeness (QED) is 0.686. The highest BCUT2D eigenvalue weighted by atomic mass is 16.5. The second kappa shape index (κ2) is 10.5. The third-order valence-corrected chi connectivity index (χ3v) is 4.00. The van der Waals surface area contributed by atoms with Crippen LogP contribution in [0.1, 0.15) is 18.1 Å². The SMILES string of the molecule is CCOc1ccc(OCC(=O)NCC(CO)Cc2ccc(C)cc2)cc1. The highest BCUT2D eigenvalue weighted by molar-refractivity contribution is 5.77. The zero-order valence-corrected chi connectivity index (χ0v) is 15.4. The van der Waals surface area contributed by atoms with Crippen LogP contribution < -0.4 is 14.8 Å². The van der Waals surface area contributed by atoms with Gasteiger partial charge < -0.3 is 19.9 Å². The van der Waals surface area contributed by atoms with E-state index in [0.29, 0.717) is 18.9 Å². The van der Waals surface area contributed by atoms with Crippen molar-refractivity contribution >= 4 is 5.91 Å². The molecule has 0 aliphatic rings. The molecule has 0 radical (unpaired) electrons. The van der Waals surface area contributed by atoms with E-state index in [1.807, 2.05) is 26.0 Å². The summed E-state index contributed by atoms with van der Waals surface area (Å²) in [4.78, 5) is 12.0. The van der Waals surface area contributed by atoms with Crippen molar-refractivity contribution in [3.8, 4) is 11.5 Å². The van der Waals surface area contributed by atoms with E-state index >= 15 is 0 Å². The molecule has 26 heavy (non-hydrogen) atoms. The predicted octanol–water partition coefficient (Wildman–Crippen LogP) is 2.74. The molecule has 0 heterocycles. The molecule has 0 aromatic heterocycles. The van der Waals surface area contributed by atoms with E-state index in [-0.39, 0.29) is 25.0 Å². The zero-order chi connectivity index (χ0) is 18.8. The first kappa shape index (κ1) is 19.8. The van der Waals surface area contributed by atoms with Crippen LogP contribution >= 0.6 is 0 Å². The number of amides is 1. The number of carbonyl (C=O) groups excluding carboxylic acids is 1. The largest absolute Gasteiger partial charge is 0.494 e. The van der Waals surface area contributed by atoms with Gasteiger partial charge in [0.2, 0.25) is 0 Å². The molecule has 140 valence electrons. The average Bonchev–Trinajstić information content (AvgIpc) is 2.66. The average molecular weight is 357 g/mol. The molecule has 2 aromatic carbocycles. The summed E-state index contributed by atoms with van der Waals surface area (Å²) in [7, 11) is 0. The Morgan fingerprint density at radius 3 is 2.23 bits per heavy atom. The van der Waals surface area contributed by atoms with Crippen LogP contribution in [0, 0.1) is 12.8 Å². The number of hydrogen-bond donors (Lipinski definition) is 2. The number of benzene rings is 2. The van der Waals surface area contributed by atoms with Crippen molar-refractivity contribution in [1.29, 1.82) is 0 Å². The lowest BCUT2D eigenvalue weighted by Gasteiger charge is -2.15. The highest BCUT2D eigenvalue weighted by Gasteiger charge is 2.11. The molecule has 0 saturated heterocycles. The van der Waals surface area contributed by atoms with Gasteiger partial charge in [0, 0.05) is 19.1 Å². The van der Waals surface area contributed by atoms with Crippen LogP contribution in [0.25, 0.3) is 0 Å². The topological polar surface area (TPSA) is 67.8 Å². The Balaban J connectivity index is 1.73. The molecule has 0 aliphatic heterocycles. The fourth-order valence-electron chi connectivity index (χ4n) is 2.52.